The highest BCUT2D eigenvalue weighted by atomic mass is 19.4. The van der Waals surface area contributed by atoms with Crippen molar-refractivity contribution in [1.29, 1.82) is 0 Å². The van der Waals surface area contributed by atoms with E-state index in [1.807, 2.05) is 20.8 Å². The maximum Gasteiger partial charge on any atom is 0.416 e. The van der Waals surface area contributed by atoms with Gasteiger partial charge in [-0.2, -0.15) is 23.4 Å². The number of rotatable bonds is 5. The Morgan fingerprint density at radius 3 is 2.40 bits per heavy atom. The van der Waals surface area contributed by atoms with Crippen molar-refractivity contribution in [3.05, 3.63) is 53.3 Å². The Kier molecular flexibility index (Phi) is 8.13. The number of hydrogen-bond donors (Lipinski definition) is 2. The highest BCUT2D eigenvalue weighted by molar-refractivity contribution is 6.03. The van der Waals surface area contributed by atoms with Crippen molar-refractivity contribution in [1.82, 2.24) is 24.5 Å². The summed E-state index contributed by atoms with van der Waals surface area (Å²) < 4.78 is 47.9. The lowest BCUT2D eigenvalue weighted by atomic mass is 10.0. The number of aromatic nitrogens is 4. The van der Waals surface area contributed by atoms with Crippen LogP contribution in [0, 0.1) is 0 Å². The Hall–Kier alpha value is -4.03. The molecule has 1 aromatic carbocycles. The number of anilines is 1. The third kappa shape index (κ3) is 6.75. The number of ether oxygens (including phenoxy) is 1. The number of primary amides is 1. The first-order chi connectivity index (χ1) is 18.7. The molecule has 1 aliphatic heterocycles. The van der Waals surface area contributed by atoms with Gasteiger partial charge in [0.2, 0.25) is 0 Å². The van der Waals surface area contributed by atoms with E-state index in [0.29, 0.717) is 49.9 Å². The van der Waals surface area contributed by atoms with Gasteiger partial charge in [-0.15, -0.1) is 0 Å². The molecule has 1 saturated heterocycles. The molecule has 0 saturated carbocycles. The Balaban J connectivity index is 1.52. The number of nitrogens with two attached hydrogens (primary N) is 2. The molecular formula is C27H34F3N7O3. The summed E-state index contributed by atoms with van der Waals surface area (Å²) >= 11 is 0. The SMILES string of the molecule is CC(C)(C)OC(=O)N1CCCC(n2nc(-c3cnn(Cc4cccc(C(F)(F)F)c4)c3)c(C(N)=O)c2N)CCC1. The van der Waals surface area contributed by atoms with Gasteiger partial charge in [-0.3, -0.25) is 9.48 Å². The summed E-state index contributed by atoms with van der Waals surface area (Å²) in [4.78, 5) is 26.6. The molecule has 2 amide bonds. The number of nitrogen functional groups attached to an aromatic ring is 1. The molecule has 1 fully saturated rings. The molecule has 0 bridgehead atoms. The van der Waals surface area contributed by atoms with E-state index in [1.54, 1.807) is 21.8 Å². The van der Waals surface area contributed by atoms with Crippen LogP contribution in [0.25, 0.3) is 11.3 Å². The van der Waals surface area contributed by atoms with E-state index >= 15 is 0 Å². The van der Waals surface area contributed by atoms with E-state index in [2.05, 4.69) is 10.2 Å². The second-order valence-electron chi connectivity index (χ2n) is 10.9. The molecule has 10 nitrogen and oxygen atoms in total. The molecular weight excluding hydrogens is 527 g/mol. The Morgan fingerprint density at radius 2 is 1.80 bits per heavy atom. The largest absolute Gasteiger partial charge is 0.444 e. The van der Waals surface area contributed by atoms with Crippen LogP contribution in [0.3, 0.4) is 0 Å². The van der Waals surface area contributed by atoms with Crippen LogP contribution in [0.5, 0.6) is 0 Å². The zero-order valence-corrected chi connectivity index (χ0v) is 22.7. The number of nitrogens with zero attached hydrogens (tertiary/aromatic N) is 5. The second kappa shape index (κ2) is 11.2. The fourth-order valence-electron chi connectivity index (χ4n) is 4.82. The fourth-order valence-corrected chi connectivity index (χ4v) is 4.82. The van der Waals surface area contributed by atoms with Crippen LogP contribution >= 0.6 is 0 Å². The van der Waals surface area contributed by atoms with Crippen molar-refractivity contribution in [3.8, 4) is 11.3 Å². The minimum atomic E-state index is -4.45. The number of carbonyl (C=O) groups excluding carboxylic acids is 2. The van der Waals surface area contributed by atoms with Crippen LogP contribution in [0.4, 0.5) is 23.8 Å². The van der Waals surface area contributed by atoms with Gasteiger partial charge in [0.1, 0.15) is 22.7 Å². The molecule has 40 heavy (non-hydrogen) atoms. The van der Waals surface area contributed by atoms with Crippen LogP contribution in [-0.4, -0.2) is 55.2 Å². The predicted octanol–water partition coefficient (Wildman–Crippen LogP) is 4.85. The molecule has 4 N–H and O–H groups in total. The van der Waals surface area contributed by atoms with Crippen LogP contribution in [-0.2, 0) is 17.5 Å². The van der Waals surface area contributed by atoms with Gasteiger partial charge in [-0.05, 0) is 64.2 Å². The Labute approximate surface area is 230 Å². The second-order valence-corrected chi connectivity index (χ2v) is 10.9. The smallest absolute Gasteiger partial charge is 0.416 e. The molecule has 0 radical (unpaired) electrons. The van der Waals surface area contributed by atoms with Crippen molar-refractivity contribution in [3.63, 3.8) is 0 Å². The van der Waals surface area contributed by atoms with E-state index in [1.165, 1.54) is 16.9 Å². The molecule has 2 aromatic heterocycles. The van der Waals surface area contributed by atoms with Crippen LogP contribution < -0.4 is 11.5 Å². The van der Waals surface area contributed by atoms with Crippen molar-refractivity contribution in [2.45, 2.75) is 70.8 Å². The van der Waals surface area contributed by atoms with Gasteiger partial charge in [-0.25, -0.2) is 9.48 Å². The average molecular weight is 562 g/mol. The van der Waals surface area contributed by atoms with Crippen molar-refractivity contribution in [2.75, 3.05) is 18.8 Å². The van der Waals surface area contributed by atoms with Gasteiger partial charge in [0.25, 0.3) is 5.91 Å². The van der Waals surface area contributed by atoms with Crippen molar-refractivity contribution in [2.24, 2.45) is 5.73 Å². The van der Waals surface area contributed by atoms with E-state index in [-0.39, 0.29) is 35.8 Å². The molecule has 1 aliphatic rings. The topological polar surface area (TPSA) is 134 Å². The maximum atomic E-state index is 13.1. The first-order valence-corrected chi connectivity index (χ1v) is 13.1. The van der Waals surface area contributed by atoms with Crippen molar-refractivity contribution >= 4 is 17.8 Å². The van der Waals surface area contributed by atoms with Crippen LogP contribution in [0.15, 0.2) is 36.7 Å². The van der Waals surface area contributed by atoms with E-state index in [9.17, 15) is 22.8 Å². The van der Waals surface area contributed by atoms with Gasteiger partial charge < -0.3 is 21.1 Å². The summed E-state index contributed by atoms with van der Waals surface area (Å²) in [6, 6.07) is 4.89. The Morgan fingerprint density at radius 1 is 1.12 bits per heavy atom. The van der Waals surface area contributed by atoms with Gasteiger partial charge >= 0.3 is 12.3 Å². The van der Waals surface area contributed by atoms with E-state index in [4.69, 9.17) is 16.2 Å². The third-order valence-corrected chi connectivity index (χ3v) is 6.63. The van der Waals surface area contributed by atoms with Gasteiger partial charge in [-0.1, -0.05) is 12.1 Å². The number of carbonyl (C=O) groups is 2. The molecule has 3 aromatic rings. The zero-order valence-electron chi connectivity index (χ0n) is 22.7. The quantitative estimate of drug-likeness (QED) is 0.458. The van der Waals surface area contributed by atoms with Crippen molar-refractivity contribution < 1.29 is 27.5 Å². The zero-order chi connectivity index (χ0) is 29.2. The Bertz CT molecular complexity index is 1360. The first-order valence-electron chi connectivity index (χ1n) is 13.1. The maximum absolute atomic E-state index is 13.1. The van der Waals surface area contributed by atoms with Gasteiger partial charge in [0.05, 0.1) is 24.3 Å². The van der Waals surface area contributed by atoms with Crippen LogP contribution in [0.2, 0.25) is 0 Å². The normalized spacial score (nSPS) is 15.5. The first kappa shape index (κ1) is 29.0. The summed E-state index contributed by atoms with van der Waals surface area (Å²) in [7, 11) is 0. The number of halogens is 3. The van der Waals surface area contributed by atoms with Crippen LogP contribution in [0.1, 0.15) is 74.0 Å². The van der Waals surface area contributed by atoms with Gasteiger partial charge in [0, 0.05) is 24.8 Å². The molecule has 216 valence electrons. The molecule has 3 heterocycles. The summed E-state index contributed by atoms with van der Waals surface area (Å²) in [5, 5.41) is 8.90. The highest BCUT2D eigenvalue weighted by Gasteiger charge is 2.31. The molecule has 0 unspecified atom stereocenters. The van der Waals surface area contributed by atoms with E-state index in [0.717, 1.165) is 12.1 Å². The molecule has 13 heteroatoms. The molecule has 4 rings (SSSR count). The molecule has 0 atom stereocenters. The summed E-state index contributed by atoms with van der Waals surface area (Å²) in [5.41, 5.74) is 11.9. The summed E-state index contributed by atoms with van der Waals surface area (Å²) in [5.74, 6) is -0.603. The number of hydrogen-bond acceptors (Lipinski definition) is 6. The lowest BCUT2D eigenvalue weighted by molar-refractivity contribution is -0.137. The monoisotopic (exact) mass is 561 g/mol. The van der Waals surface area contributed by atoms with E-state index < -0.39 is 23.2 Å². The summed E-state index contributed by atoms with van der Waals surface area (Å²) in [6.07, 6.45) is 0.967. The number of amides is 2. The minimum absolute atomic E-state index is 0.0658. The minimum Gasteiger partial charge on any atom is -0.444 e. The highest BCUT2D eigenvalue weighted by Crippen LogP contribution is 2.33. The number of likely N-dealkylation sites (tertiary alicyclic amines) is 1. The van der Waals surface area contributed by atoms with Gasteiger partial charge in [0.15, 0.2) is 0 Å². The standard InChI is InChI=1S/C27H34F3N7O3/c1-26(2,3)40-25(39)35-11-5-9-20(10-6-12-35)37-23(31)21(24(32)38)22(34-37)18-14-33-36(16-18)15-17-7-4-8-19(13-17)27(28,29)30/h4,7-8,13-14,16,20H,5-6,9-12,15,31H2,1-3H3,(H2,32,38). The lowest BCUT2D eigenvalue weighted by Crippen LogP contribution is -2.39. The average Bonchev–Trinajstić information content (AvgIpc) is 3.42. The fraction of sp³-hybridized carbons (Fsp3) is 0.481. The predicted molar refractivity (Wildman–Crippen MR) is 142 cm³/mol. The lowest BCUT2D eigenvalue weighted by Gasteiger charge is -2.30. The summed E-state index contributed by atoms with van der Waals surface area (Å²) in [6.45, 7) is 6.61. The molecule has 0 aliphatic carbocycles. The number of alkyl halides is 3. The third-order valence-electron chi connectivity index (χ3n) is 6.63. The number of benzene rings is 1. The molecule has 0 spiro atoms.